The fourth-order valence-electron chi connectivity index (χ4n) is 2.11. The average molecular weight is 317 g/mol. The van der Waals surface area contributed by atoms with Crippen LogP contribution in [0, 0.1) is 0 Å². The average Bonchev–Trinajstić information content (AvgIpc) is 2.76. The van der Waals surface area contributed by atoms with Crippen LogP contribution in [0.4, 0.5) is 0 Å². The summed E-state index contributed by atoms with van der Waals surface area (Å²) in [5, 5.41) is 0.497. The van der Waals surface area contributed by atoms with Crippen molar-refractivity contribution in [3.05, 3.63) is 51.2 Å². The van der Waals surface area contributed by atoms with Gasteiger partial charge in [-0.3, -0.25) is 14.5 Å². The third-order valence-electron chi connectivity index (χ3n) is 3.18. The van der Waals surface area contributed by atoms with Gasteiger partial charge in [-0.2, -0.15) is 0 Å². The lowest BCUT2D eigenvalue weighted by Gasteiger charge is -2.09. The van der Waals surface area contributed by atoms with Crippen LogP contribution < -0.4 is 5.43 Å². The van der Waals surface area contributed by atoms with Crippen LogP contribution in [0.1, 0.15) is 12.5 Å². The molecule has 1 fully saturated rings. The number of hydrogen-bond donors (Lipinski definition) is 0. The van der Waals surface area contributed by atoms with Gasteiger partial charge in [0, 0.05) is 6.54 Å². The maximum absolute atomic E-state index is 12.4. The highest BCUT2D eigenvalue weighted by Crippen LogP contribution is 2.31. The normalized spacial score (nSPS) is 17.2. The van der Waals surface area contributed by atoms with Crippen LogP contribution in [0.5, 0.6) is 0 Å². The standard InChI is InChI=1S/C15H11NO3S2/c1-2-16-14(18)12(21-15(16)20)7-9-8-19-11-6-4-3-5-10(11)13(9)17/h3-8H,2H2,1H3/b12-7+. The first kappa shape index (κ1) is 14.0. The first-order chi connectivity index (χ1) is 10.1. The molecule has 4 nitrogen and oxygen atoms in total. The molecule has 0 unspecified atom stereocenters. The zero-order valence-electron chi connectivity index (χ0n) is 11.2. The van der Waals surface area contributed by atoms with Gasteiger partial charge in [0.25, 0.3) is 5.91 Å². The number of para-hydroxylation sites is 1. The molecule has 1 aromatic carbocycles. The SMILES string of the molecule is CCN1C(=O)/C(=C\c2coc3ccccc3c2=O)SC1=S. The van der Waals surface area contributed by atoms with Gasteiger partial charge in [0.2, 0.25) is 0 Å². The van der Waals surface area contributed by atoms with Crippen molar-refractivity contribution in [2.45, 2.75) is 6.92 Å². The highest BCUT2D eigenvalue weighted by atomic mass is 32.2. The minimum atomic E-state index is -0.167. The summed E-state index contributed by atoms with van der Waals surface area (Å²) in [7, 11) is 0. The number of benzene rings is 1. The number of likely N-dealkylation sites (N-methyl/N-ethyl adjacent to an activating group) is 1. The van der Waals surface area contributed by atoms with Crippen molar-refractivity contribution in [2.24, 2.45) is 0 Å². The van der Waals surface area contributed by atoms with Gasteiger partial charge in [0.05, 0.1) is 15.9 Å². The molecular formula is C15H11NO3S2. The number of fused-ring (bicyclic) bond motifs is 1. The van der Waals surface area contributed by atoms with E-state index in [-0.39, 0.29) is 11.3 Å². The van der Waals surface area contributed by atoms with Crippen molar-refractivity contribution in [3.63, 3.8) is 0 Å². The smallest absolute Gasteiger partial charge is 0.266 e. The summed E-state index contributed by atoms with van der Waals surface area (Å²) in [6.07, 6.45) is 2.93. The molecule has 0 radical (unpaired) electrons. The van der Waals surface area contributed by atoms with Crippen molar-refractivity contribution in [1.29, 1.82) is 0 Å². The van der Waals surface area contributed by atoms with Crippen molar-refractivity contribution < 1.29 is 9.21 Å². The monoisotopic (exact) mass is 317 g/mol. The van der Waals surface area contributed by atoms with Crippen LogP contribution in [-0.2, 0) is 4.79 Å². The molecule has 1 aliphatic heterocycles. The van der Waals surface area contributed by atoms with Crippen LogP contribution in [0.25, 0.3) is 17.0 Å². The molecule has 0 spiro atoms. The van der Waals surface area contributed by atoms with Crippen LogP contribution in [0.3, 0.4) is 0 Å². The van der Waals surface area contributed by atoms with Crippen molar-refractivity contribution in [3.8, 4) is 0 Å². The van der Waals surface area contributed by atoms with Crippen LogP contribution >= 0.6 is 24.0 Å². The lowest BCUT2D eigenvalue weighted by atomic mass is 10.1. The molecule has 0 aliphatic carbocycles. The van der Waals surface area contributed by atoms with Gasteiger partial charge < -0.3 is 4.42 Å². The minimum absolute atomic E-state index is 0.154. The maximum Gasteiger partial charge on any atom is 0.266 e. The number of rotatable bonds is 2. The van der Waals surface area contributed by atoms with Crippen molar-refractivity contribution in [1.82, 2.24) is 4.90 Å². The number of thiocarbonyl (C=S) groups is 1. The molecule has 1 aromatic heterocycles. The van der Waals surface area contributed by atoms with E-state index in [4.69, 9.17) is 16.6 Å². The number of thioether (sulfide) groups is 1. The van der Waals surface area contributed by atoms with Crippen LogP contribution in [-0.4, -0.2) is 21.7 Å². The van der Waals surface area contributed by atoms with Crippen LogP contribution in [0.2, 0.25) is 0 Å². The summed E-state index contributed by atoms with van der Waals surface area (Å²) in [6.45, 7) is 2.38. The van der Waals surface area contributed by atoms with E-state index in [2.05, 4.69) is 0 Å². The Morgan fingerprint density at radius 3 is 2.81 bits per heavy atom. The molecule has 2 heterocycles. The second-order valence-corrected chi connectivity index (χ2v) is 6.12. The molecule has 0 saturated carbocycles. The largest absolute Gasteiger partial charge is 0.463 e. The van der Waals surface area contributed by atoms with Crippen molar-refractivity contribution in [2.75, 3.05) is 6.54 Å². The summed E-state index contributed by atoms with van der Waals surface area (Å²) in [5.74, 6) is -0.167. The van der Waals surface area contributed by atoms with Crippen molar-refractivity contribution >= 4 is 51.3 Å². The Morgan fingerprint density at radius 2 is 2.10 bits per heavy atom. The fraction of sp³-hybridized carbons (Fsp3) is 0.133. The molecule has 3 rings (SSSR count). The first-order valence-corrected chi connectivity index (χ1v) is 7.60. The topological polar surface area (TPSA) is 50.5 Å². The predicted octanol–water partition coefficient (Wildman–Crippen LogP) is 3.01. The third-order valence-corrected chi connectivity index (χ3v) is 4.56. The lowest BCUT2D eigenvalue weighted by molar-refractivity contribution is -0.121. The van der Waals surface area contributed by atoms with Gasteiger partial charge >= 0.3 is 0 Å². The molecule has 1 saturated heterocycles. The molecule has 2 aromatic rings. The zero-order valence-corrected chi connectivity index (χ0v) is 12.8. The summed E-state index contributed by atoms with van der Waals surface area (Å²) >= 11 is 6.35. The Balaban J connectivity index is 2.09. The van der Waals surface area contributed by atoms with Gasteiger partial charge in [0.1, 0.15) is 16.2 Å². The van der Waals surface area contributed by atoms with Gasteiger partial charge in [-0.1, -0.05) is 36.1 Å². The van der Waals surface area contributed by atoms with E-state index in [1.54, 1.807) is 30.3 Å². The Bertz CT molecular complexity index is 838. The molecule has 106 valence electrons. The molecular weight excluding hydrogens is 306 g/mol. The van der Waals surface area contributed by atoms with Gasteiger partial charge in [-0.15, -0.1) is 0 Å². The minimum Gasteiger partial charge on any atom is -0.463 e. The van der Waals surface area contributed by atoms with E-state index in [1.807, 2.05) is 6.92 Å². The Hall–Kier alpha value is -1.92. The Morgan fingerprint density at radius 1 is 1.33 bits per heavy atom. The Labute approximate surface area is 130 Å². The highest BCUT2D eigenvalue weighted by Gasteiger charge is 2.30. The molecule has 0 bridgehead atoms. The van der Waals surface area contributed by atoms with E-state index in [0.29, 0.717) is 32.3 Å². The number of carbonyl (C=O) groups excluding carboxylic acids is 1. The second kappa shape index (κ2) is 5.46. The zero-order chi connectivity index (χ0) is 15.0. The van der Waals surface area contributed by atoms with E-state index in [9.17, 15) is 9.59 Å². The molecule has 21 heavy (non-hydrogen) atoms. The first-order valence-electron chi connectivity index (χ1n) is 6.37. The summed E-state index contributed by atoms with van der Waals surface area (Å²) in [5.41, 5.74) is 0.727. The predicted molar refractivity (Wildman–Crippen MR) is 88.0 cm³/mol. The fourth-order valence-corrected chi connectivity index (χ4v) is 3.48. The van der Waals surface area contributed by atoms with Gasteiger partial charge in [0.15, 0.2) is 5.43 Å². The highest BCUT2D eigenvalue weighted by molar-refractivity contribution is 8.26. The number of hydrogen-bond acceptors (Lipinski definition) is 5. The molecule has 6 heteroatoms. The number of carbonyl (C=O) groups is 1. The quantitative estimate of drug-likeness (QED) is 0.629. The van der Waals surface area contributed by atoms with Crippen LogP contribution in [0.15, 0.2) is 44.6 Å². The molecule has 1 amide bonds. The summed E-state index contributed by atoms with van der Waals surface area (Å²) in [4.78, 5) is 26.5. The lowest BCUT2D eigenvalue weighted by Crippen LogP contribution is -2.27. The second-order valence-electron chi connectivity index (χ2n) is 4.44. The maximum atomic E-state index is 12.4. The number of nitrogens with zero attached hydrogens (tertiary/aromatic N) is 1. The van der Waals surface area contributed by atoms with E-state index in [0.717, 1.165) is 0 Å². The summed E-state index contributed by atoms with van der Waals surface area (Å²) in [6, 6.07) is 7.02. The molecule has 1 aliphatic rings. The van der Waals surface area contributed by atoms with Gasteiger partial charge in [-0.25, -0.2) is 0 Å². The van der Waals surface area contributed by atoms with E-state index < -0.39 is 0 Å². The molecule has 0 N–H and O–H groups in total. The molecule has 0 atom stereocenters. The van der Waals surface area contributed by atoms with Gasteiger partial charge in [-0.05, 0) is 25.1 Å². The third kappa shape index (κ3) is 2.41. The van der Waals surface area contributed by atoms with E-state index in [1.165, 1.54) is 22.9 Å². The van der Waals surface area contributed by atoms with E-state index >= 15 is 0 Å². The number of amides is 1. The summed E-state index contributed by atoms with van der Waals surface area (Å²) < 4.78 is 5.95. The Kier molecular flexibility index (Phi) is 3.65.